The van der Waals surface area contributed by atoms with E-state index in [1.165, 1.54) is 0 Å². The standard InChI is InChI=1S/C4H5O6PS2/c5-3(6)1-2(4(7)8)12-11(9)13-10/h2H,1H2,(H2-,5,6,7,8,10)/p+1. The molecule has 0 aliphatic carbocycles. The summed E-state index contributed by atoms with van der Waals surface area (Å²) in [6.45, 7) is 0. The minimum atomic E-state index is -2.19. The molecule has 0 aliphatic rings. The van der Waals surface area contributed by atoms with Crippen molar-refractivity contribution < 1.29 is 28.9 Å². The summed E-state index contributed by atoms with van der Waals surface area (Å²) in [5.41, 5.74) is 0. The molecule has 74 valence electrons. The number of rotatable bonds is 6. The lowest BCUT2D eigenvalue weighted by molar-refractivity contribution is -0.142. The molecule has 0 fully saturated rings. The first-order chi connectivity index (χ1) is 5.97. The highest BCUT2D eigenvalue weighted by Gasteiger charge is 2.34. The molecule has 0 saturated carbocycles. The normalized spacial score (nSPS) is 13.5. The van der Waals surface area contributed by atoms with Crippen LogP contribution in [0.1, 0.15) is 6.42 Å². The summed E-state index contributed by atoms with van der Waals surface area (Å²) in [4.78, 5) is 20.5. The number of hydrogen-bond acceptors (Lipinski definition) is 6. The van der Waals surface area contributed by atoms with Gasteiger partial charge in [0.05, 0.1) is 6.42 Å². The van der Waals surface area contributed by atoms with Gasteiger partial charge in [0.1, 0.15) is 0 Å². The zero-order valence-electron chi connectivity index (χ0n) is 6.11. The highest BCUT2D eigenvalue weighted by atomic mass is 33.1. The molecule has 2 atom stereocenters. The number of carbonyl (C=O) groups is 2. The molecule has 2 unspecified atom stereocenters. The summed E-state index contributed by atoms with van der Waals surface area (Å²) in [5, 5.41) is 15.4. The molecule has 0 aromatic rings. The number of aliphatic carboxylic acids is 2. The van der Waals surface area contributed by atoms with Crippen LogP contribution < -0.4 is 0 Å². The Morgan fingerprint density at radius 2 is 1.92 bits per heavy atom. The minimum Gasteiger partial charge on any atom is -0.481 e. The Balaban J connectivity index is 4.18. The van der Waals surface area contributed by atoms with Crippen molar-refractivity contribution in [2.24, 2.45) is 0 Å². The Hall–Kier alpha value is -0.300. The van der Waals surface area contributed by atoms with Gasteiger partial charge in [-0.15, -0.1) is 0 Å². The fourth-order valence-electron chi connectivity index (χ4n) is 0.451. The van der Waals surface area contributed by atoms with E-state index in [1.54, 1.807) is 0 Å². The van der Waals surface area contributed by atoms with E-state index < -0.39 is 29.8 Å². The van der Waals surface area contributed by atoms with E-state index in [-0.39, 0.29) is 11.7 Å². The van der Waals surface area contributed by atoms with Crippen LogP contribution in [0.25, 0.3) is 0 Å². The molecular formula is C4H6O6PS2+. The highest BCUT2D eigenvalue weighted by Crippen LogP contribution is 2.51. The van der Waals surface area contributed by atoms with Crippen molar-refractivity contribution in [2.75, 3.05) is 0 Å². The Bertz CT molecular complexity index is 231. The molecule has 0 aromatic carbocycles. The molecule has 13 heavy (non-hydrogen) atoms. The maximum Gasteiger partial charge on any atom is 0.514 e. The molecule has 9 heteroatoms. The molecule has 0 bridgehead atoms. The number of carboxylic acid groups (broad SMARTS) is 2. The van der Waals surface area contributed by atoms with Crippen LogP contribution in [0.15, 0.2) is 0 Å². The Morgan fingerprint density at radius 3 is 2.23 bits per heavy atom. The lowest BCUT2D eigenvalue weighted by Gasteiger charge is -1.99. The third kappa shape index (κ3) is 5.87. The van der Waals surface area contributed by atoms with E-state index >= 15 is 0 Å². The molecule has 0 aliphatic heterocycles. The monoisotopic (exact) mass is 245 g/mol. The van der Waals surface area contributed by atoms with Crippen LogP contribution in [0.2, 0.25) is 0 Å². The Kier molecular flexibility index (Phi) is 6.06. The van der Waals surface area contributed by atoms with Gasteiger partial charge in [-0.05, 0) is 4.57 Å². The maximum absolute atomic E-state index is 10.7. The zero-order chi connectivity index (χ0) is 10.4. The first-order valence-corrected chi connectivity index (χ1v) is 6.99. The van der Waals surface area contributed by atoms with Crippen molar-refractivity contribution in [1.29, 1.82) is 0 Å². The topological polar surface area (TPSA) is 112 Å². The van der Waals surface area contributed by atoms with Gasteiger partial charge >= 0.3 is 29.8 Å². The van der Waals surface area contributed by atoms with Crippen LogP contribution in [-0.4, -0.2) is 32.0 Å². The first kappa shape index (κ1) is 12.7. The van der Waals surface area contributed by atoms with Gasteiger partial charge in [-0.1, -0.05) is 0 Å². The fraction of sp³-hybridized carbons (Fsp3) is 0.500. The van der Waals surface area contributed by atoms with Gasteiger partial charge in [0.2, 0.25) is 0 Å². The molecule has 0 saturated heterocycles. The van der Waals surface area contributed by atoms with Crippen molar-refractivity contribution >= 4 is 41.2 Å². The van der Waals surface area contributed by atoms with E-state index in [0.29, 0.717) is 11.4 Å². The average Bonchev–Trinajstić information content (AvgIpc) is 2.02. The van der Waals surface area contributed by atoms with Crippen molar-refractivity contribution in [3.8, 4) is 0 Å². The summed E-state index contributed by atoms with van der Waals surface area (Å²) in [6.07, 6.45) is -2.81. The van der Waals surface area contributed by atoms with Gasteiger partial charge in [0, 0.05) is 0 Å². The Labute approximate surface area is 82.2 Å². The summed E-state index contributed by atoms with van der Waals surface area (Å²) < 4.78 is 18.9. The van der Waals surface area contributed by atoms with Gasteiger partial charge in [-0.25, -0.2) is 0 Å². The Morgan fingerprint density at radius 1 is 1.38 bits per heavy atom. The SMILES string of the molecule is O=C(O)CC(S[P+](=O)SO)C(=O)O. The third-order valence-electron chi connectivity index (χ3n) is 0.915. The second-order valence-corrected chi connectivity index (χ2v) is 7.03. The van der Waals surface area contributed by atoms with E-state index in [1.807, 2.05) is 0 Å². The quantitative estimate of drug-likeness (QED) is 0.476. The smallest absolute Gasteiger partial charge is 0.481 e. The van der Waals surface area contributed by atoms with Crippen molar-refractivity contribution in [3.05, 3.63) is 0 Å². The lowest BCUT2D eigenvalue weighted by atomic mass is 10.3. The van der Waals surface area contributed by atoms with Crippen molar-refractivity contribution in [2.45, 2.75) is 11.7 Å². The third-order valence-corrected chi connectivity index (χ3v) is 4.90. The molecule has 0 heterocycles. The van der Waals surface area contributed by atoms with Gasteiger partial charge in [-0.3, -0.25) is 14.1 Å². The summed E-state index contributed by atoms with van der Waals surface area (Å²) in [7, 11) is 0. The average molecular weight is 245 g/mol. The van der Waals surface area contributed by atoms with Crippen molar-refractivity contribution in [1.82, 2.24) is 0 Å². The molecule has 0 radical (unpaired) electrons. The molecule has 0 amide bonds. The number of carboxylic acids is 2. The van der Waals surface area contributed by atoms with Gasteiger partial charge in [-0.2, -0.15) is 0 Å². The van der Waals surface area contributed by atoms with Gasteiger partial charge in [0.25, 0.3) is 0 Å². The van der Waals surface area contributed by atoms with Crippen LogP contribution in [0.5, 0.6) is 0 Å². The van der Waals surface area contributed by atoms with Crippen LogP contribution in [0.3, 0.4) is 0 Å². The molecular weight excluding hydrogens is 239 g/mol. The fourth-order valence-corrected chi connectivity index (χ4v) is 3.52. The highest BCUT2D eigenvalue weighted by molar-refractivity contribution is 8.83. The minimum absolute atomic E-state index is 0.0136. The van der Waals surface area contributed by atoms with E-state index in [2.05, 4.69) is 0 Å². The molecule has 3 N–H and O–H groups in total. The van der Waals surface area contributed by atoms with Crippen LogP contribution >= 0.6 is 29.2 Å². The second-order valence-electron chi connectivity index (χ2n) is 1.84. The van der Waals surface area contributed by atoms with E-state index in [9.17, 15) is 14.2 Å². The maximum atomic E-state index is 10.7. The summed E-state index contributed by atoms with van der Waals surface area (Å²) in [6, 6.07) is 0. The summed E-state index contributed by atoms with van der Waals surface area (Å²) >= 11 is 0.437. The largest absolute Gasteiger partial charge is 0.514 e. The van der Waals surface area contributed by atoms with E-state index in [0.717, 1.165) is 0 Å². The number of hydrogen-bond donors (Lipinski definition) is 3. The van der Waals surface area contributed by atoms with Crippen LogP contribution in [0, 0.1) is 0 Å². The molecule has 0 aromatic heterocycles. The molecule has 0 rings (SSSR count). The predicted octanol–water partition coefficient (Wildman–Crippen LogP) is 1.51. The molecule has 0 spiro atoms. The first-order valence-electron chi connectivity index (χ1n) is 2.87. The van der Waals surface area contributed by atoms with Gasteiger partial charge < -0.3 is 10.2 Å². The van der Waals surface area contributed by atoms with Crippen molar-refractivity contribution in [3.63, 3.8) is 0 Å². The summed E-state index contributed by atoms with van der Waals surface area (Å²) in [5.74, 6) is -2.64. The van der Waals surface area contributed by atoms with Crippen LogP contribution in [0.4, 0.5) is 0 Å². The zero-order valence-corrected chi connectivity index (χ0v) is 8.64. The van der Waals surface area contributed by atoms with E-state index in [4.69, 9.17) is 14.8 Å². The predicted molar refractivity (Wildman–Crippen MR) is 49.1 cm³/mol. The van der Waals surface area contributed by atoms with Crippen LogP contribution in [-0.2, 0) is 14.2 Å². The van der Waals surface area contributed by atoms with Gasteiger partial charge in [0.15, 0.2) is 16.6 Å². The molecule has 6 nitrogen and oxygen atoms in total. The second kappa shape index (κ2) is 6.20. The lowest BCUT2D eigenvalue weighted by Crippen LogP contribution is -2.19.